The predicted molar refractivity (Wildman–Crippen MR) is 68.7 cm³/mol. The van der Waals surface area contributed by atoms with Crippen molar-refractivity contribution in [1.82, 2.24) is 0 Å². The molecule has 0 radical (unpaired) electrons. The molecule has 88 valence electrons. The molecule has 3 nitrogen and oxygen atoms in total. The van der Waals surface area contributed by atoms with Gasteiger partial charge in [0.25, 0.3) is 0 Å². The first-order valence-corrected chi connectivity index (χ1v) is 5.62. The first-order chi connectivity index (χ1) is 7.72. The number of benzene rings is 1. The van der Waals surface area contributed by atoms with Gasteiger partial charge in [-0.05, 0) is 30.5 Å². The molecule has 0 unspecified atom stereocenters. The van der Waals surface area contributed by atoms with Crippen LogP contribution in [0.3, 0.4) is 0 Å². The van der Waals surface area contributed by atoms with Crippen LogP contribution in [0.5, 0.6) is 5.75 Å². The molecule has 0 aromatic heterocycles. The van der Waals surface area contributed by atoms with Gasteiger partial charge in [0, 0.05) is 6.61 Å². The molecule has 0 saturated carbocycles. The van der Waals surface area contributed by atoms with Gasteiger partial charge >= 0.3 is 0 Å². The van der Waals surface area contributed by atoms with Crippen molar-refractivity contribution in [3.05, 3.63) is 29.8 Å². The van der Waals surface area contributed by atoms with Crippen LogP contribution in [0.15, 0.2) is 24.3 Å². The molecular weight excluding hydrogens is 222 g/mol. The lowest BCUT2D eigenvalue weighted by Crippen LogP contribution is -2.08. The Kier molecular flexibility index (Phi) is 5.82. The number of ether oxygens (including phenoxy) is 2. The van der Waals surface area contributed by atoms with E-state index in [1.807, 2.05) is 24.3 Å². The highest BCUT2D eigenvalue weighted by atomic mass is 32.1. The van der Waals surface area contributed by atoms with Crippen LogP contribution in [0.2, 0.25) is 0 Å². The van der Waals surface area contributed by atoms with Gasteiger partial charge < -0.3 is 15.2 Å². The first kappa shape index (κ1) is 12.9. The Balaban J connectivity index is 2.23. The van der Waals surface area contributed by atoms with E-state index in [1.54, 1.807) is 7.11 Å². The lowest BCUT2D eigenvalue weighted by atomic mass is 10.2. The van der Waals surface area contributed by atoms with Gasteiger partial charge in [-0.1, -0.05) is 24.4 Å². The molecule has 0 heterocycles. The second-order valence-corrected chi connectivity index (χ2v) is 4.00. The zero-order valence-electron chi connectivity index (χ0n) is 9.44. The standard InChI is InChI=1S/C12H17NO2S/c1-14-11-5-2-4-10(8-11)9-15-7-3-6-12(13)16/h2,4-5,8H,3,6-7,9H2,1H3,(H2,13,16). The third kappa shape index (κ3) is 5.09. The fourth-order valence-electron chi connectivity index (χ4n) is 1.30. The van der Waals surface area contributed by atoms with Crippen molar-refractivity contribution in [2.75, 3.05) is 13.7 Å². The number of nitrogens with two attached hydrogens (primary N) is 1. The van der Waals surface area contributed by atoms with E-state index in [1.165, 1.54) is 0 Å². The van der Waals surface area contributed by atoms with Crippen LogP contribution >= 0.6 is 12.2 Å². The second kappa shape index (κ2) is 7.19. The Labute approximate surface area is 102 Å². The molecule has 1 aromatic rings. The predicted octanol–water partition coefficient (Wildman–Crippen LogP) is 2.28. The maximum Gasteiger partial charge on any atom is 0.119 e. The first-order valence-electron chi connectivity index (χ1n) is 5.21. The largest absolute Gasteiger partial charge is 0.497 e. The number of rotatable bonds is 7. The highest BCUT2D eigenvalue weighted by molar-refractivity contribution is 7.80. The minimum Gasteiger partial charge on any atom is -0.497 e. The van der Waals surface area contributed by atoms with E-state index in [2.05, 4.69) is 0 Å². The summed E-state index contributed by atoms with van der Waals surface area (Å²) in [5.41, 5.74) is 6.49. The van der Waals surface area contributed by atoms with Gasteiger partial charge in [0.1, 0.15) is 5.75 Å². The van der Waals surface area contributed by atoms with Crippen molar-refractivity contribution in [3.8, 4) is 5.75 Å². The summed E-state index contributed by atoms with van der Waals surface area (Å²) in [5.74, 6) is 0.851. The van der Waals surface area contributed by atoms with Crippen molar-refractivity contribution >= 4 is 17.2 Å². The van der Waals surface area contributed by atoms with E-state index in [9.17, 15) is 0 Å². The van der Waals surface area contributed by atoms with Gasteiger partial charge in [-0.25, -0.2) is 0 Å². The van der Waals surface area contributed by atoms with Gasteiger partial charge in [0.2, 0.25) is 0 Å². The Bertz CT molecular complexity index is 342. The van der Waals surface area contributed by atoms with Crippen LogP contribution in [0.4, 0.5) is 0 Å². The summed E-state index contributed by atoms with van der Waals surface area (Å²) in [6.45, 7) is 1.27. The number of hydrogen-bond acceptors (Lipinski definition) is 3. The van der Waals surface area contributed by atoms with Crippen molar-refractivity contribution in [3.63, 3.8) is 0 Å². The van der Waals surface area contributed by atoms with E-state index in [-0.39, 0.29) is 0 Å². The Morgan fingerprint density at radius 2 is 2.25 bits per heavy atom. The quantitative estimate of drug-likeness (QED) is 0.585. The monoisotopic (exact) mass is 239 g/mol. The van der Waals surface area contributed by atoms with Crippen LogP contribution in [0.25, 0.3) is 0 Å². The van der Waals surface area contributed by atoms with Gasteiger partial charge in [0.05, 0.1) is 18.7 Å². The minimum absolute atomic E-state index is 0.546. The highest BCUT2D eigenvalue weighted by Crippen LogP contribution is 2.13. The summed E-state index contributed by atoms with van der Waals surface area (Å²) in [7, 11) is 1.65. The van der Waals surface area contributed by atoms with Gasteiger partial charge in [-0.3, -0.25) is 0 Å². The van der Waals surface area contributed by atoms with Crippen molar-refractivity contribution < 1.29 is 9.47 Å². The normalized spacial score (nSPS) is 10.1. The number of thiocarbonyl (C=S) groups is 1. The molecule has 0 fully saturated rings. The van der Waals surface area contributed by atoms with E-state index in [0.717, 1.165) is 24.2 Å². The second-order valence-electron chi connectivity index (χ2n) is 3.47. The molecule has 1 aromatic carbocycles. The fourth-order valence-corrected chi connectivity index (χ4v) is 1.45. The van der Waals surface area contributed by atoms with Crippen LogP contribution < -0.4 is 10.5 Å². The highest BCUT2D eigenvalue weighted by Gasteiger charge is 1.96. The van der Waals surface area contributed by atoms with Crippen LogP contribution in [-0.4, -0.2) is 18.7 Å². The lowest BCUT2D eigenvalue weighted by molar-refractivity contribution is 0.119. The molecule has 2 N–H and O–H groups in total. The lowest BCUT2D eigenvalue weighted by Gasteiger charge is -2.05. The minimum atomic E-state index is 0.546. The van der Waals surface area contributed by atoms with Crippen LogP contribution in [0.1, 0.15) is 18.4 Å². The Morgan fingerprint density at radius 1 is 1.44 bits per heavy atom. The maximum absolute atomic E-state index is 5.50. The van der Waals surface area contributed by atoms with Gasteiger partial charge in [-0.2, -0.15) is 0 Å². The summed E-state index contributed by atoms with van der Waals surface area (Å²) in [6, 6.07) is 7.84. The van der Waals surface area contributed by atoms with Crippen LogP contribution in [-0.2, 0) is 11.3 Å². The van der Waals surface area contributed by atoms with E-state index >= 15 is 0 Å². The molecule has 1 rings (SSSR count). The third-order valence-corrected chi connectivity index (χ3v) is 2.32. The molecule has 16 heavy (non-hydrogen) atoms. The summed E-state index contributed by atoms with van der Waals surface area (Å²) in [5, 5.41) is 0. The molecule has 0 spiro atoms. The van der Waals surface area contributed by atoms with E-state index < -0.39 is 0 Å². The van der Waals surface area contributed by atoms with Gasteiger partial charge in [0.15, 0.2) is 0 Å². The topological polar surface area (TPSA) is 44.5 Å². The van der Waals surface area contributed by atoms with Crippen molar-refractivity contribution in [2.45, 2.75) is 19.4 Å². The Morgan fingerprint density at radius 3 is 2.94 bits per heavy atom. The summed E-state index contributed by atoms with van der Waals surface area (Å²) < 4.78 is 10.6. The number of hydrogen-bond donors (Lipinski definition) is 1. The summed E-state index contributed by atoms with van der Waals surface area (Å²) in [6.07, 6.45) is 1.62. The molecule has 0 aliphatic rings. The average molecular weight is 239 g/mol. The number of methoxy groups -OCH3 is 1. The van der Waals surface area contributed by atoms with E-state index in [0.29, 0.717) is 18.2 Å². The molecule has 0 saturated heterocycles. The molecule has 4 heteroatoms. The van der Waals surface area contributed by atoms with E-state index in [4.69, 9.17) is 27.4 Å². The smallest absolute Gasteiger partial charge is 0.119 e. The third-order valence-electron chi connectivity index (χ3n) is 2.11. The SMILES string of the molecule is COc1cccc(COCCCC(N)=S)c1. The molecule has 0 atom stereocenters. The molecular formula is C12H17NO2S. The molecule has 0 aliphatic carbocycles. The zero-order chi connectivity index (χ0) is 11.8. The fraction of sp³-hybridized carbons (Fsp3) is 0.417. The molecule has 0 bridgehead atoms. The molecule has 0 amide bonds. The van der Waals surface area contributed by atoms with Crippen molar-refractivity contribution in [1.29, 1.82) is 0 Å². The van der Waals surface area contributed by atoms with Crippen LogP contribution in [0, 0.1) is 0 Å². The molecule has 0 aliphatic heterocycles. The van der Waals surface area contributed by atoms with Gasteiger partial charge in [-0.15, -0.1) is 0 Å². The zero-order valence-corrected chi connectivity index (χ0v) is 10.3. The summed E-state index contributed by atoms with van der Waals surface area (Å²) in [4.78, 5) is 0.546. The van der Waals surface area contributed by atoms with Crippen molar-refractivity contribution in [2.24, 2.45) is 5.73 Å². The maximum atomic E-state index is 5.50. The average Bonchev–Trinajstić information content (AvgIpc) is 2.28. The Hall–Kier alpha value is -1.13. The summed E-state index contributed by atoms with van der Waals surface area (Å²) >= 11 is 4.78.